The van der Waals surface area contributed by atoms with Crippen molar-refractivity contribution in [3.63, 3.8) is 0 Å². The molecule has 1 aliphatic rings. The molecule has 2 N–H and O–H groups in total. The Bertz CT molecular complexity index is 598. The molecule has 1 fully saturated rings. The van der Waals surface area contributed by atoms with Crippen LogP contribution in [-0.4, -0.2) is 31.9 Å². The van der Waals surface area contributed by atoms with Gasteiger partial charge in [-0.1, -0.05) is 18.5 Å². The molecular formula is C13H19Cl2FN2O2S. The Morgan fingerprint density at radius 2 is 2.14 bits per heavy atom. The SMILES string of the molecule is CC1CCCN(S(=O)(=O)c2cc(F)ccc2Cl)C1CN.Cl. The van der Waals surface area contributed by atoms with Crippen molar-refractivity contribution < 1.29 is 12.8 Å². The summed E-state index contributed by atoms with van der Waals surface area (Å²) in [5.74, 6) is -0.446. The van der Waals surface area contributed by atoms with Crippen LogP contribution in [0, 0.1) is 11.7 Å². The minimum Gasteiger partial charge on any atom is -0.329 e. The summed E-state index contributed by atoms with van der Waals surface area (Å²) in [6.45, 7) is 2.61. The van der Waals surface area contributed by atoms with Crippen molar-refractivity contribution in [3.8, 4) is 0 Å². The molecule has 1 heterocycles. The van der Waals surface area contributed by atoms with Crippen molar-refractivity contribution in [3.05, 3.63) is 29.0 Å². The highest BCUT2D eigenvalue weighted by atomic mass is 35.5. The van der Waals surface area contributed by atoms with Gasteiger partial charge in [-0.15, -0.1) is 12.4 Å². The maximum absolute atomic E-state index is 13.3. The first-order valence-electron chi connectivity index (χ1n) is 6.55. The number of nitrogens with zero attached hydrogens (tertiary/aromatic N) is 1. The van der Waals surface area contributed by atoms with E-state index in [1.54, 1.807) is 0 Å². The molecule has 0 bridgehead atoms. The number of benzene rings is 1. The first kappa shape index (κ1) is 18.6. The number of piperidine rings is 1. The van der Waals surface area contributed by atoms with E-state index < -0.39 is 15.8 Å². The molecule has 0 aromatic heterocycles. The second kappa shape index (κ2) is 7.24. The van der Waals surface area contributed by atoms with Crippen molar-refractivity contribution in [2.75, 3.05) is 13.1 Å². The lowest BCUT2D eigenvalue weighted by atomic mass is 9.93. The number of hydrogen-bond donors (Lipinski definition) is 1. The molecule has 0 saturated carbocycles. The second-order valence-electron chi connectivity index (χ2n) is 5.11. The summed E-state index contributed by atoms with van der Waals surface area (Å²) in [6, 6.07) is 3.09. The second-order valence-corrected chi connectivity index (χ2v) is 7.38. The van der Waals surface area contributed by atoms with Gasteiger partial charge in [0.1, 0.15) is 10.7 Å². The molecule has 0 aliphatic carbocycles. The van der Waals surface area contributed by atoms with Gasteiger partial charge in [0.15, 0.2) is 0 Å². The number of hydrogen-bond acceptors (Lipinski definition) is 3. The molecule has 21 heavy (non-hydrogen) atoms. The average Bonchev–Trinajstić information content (AvgIpc) is 2.41. The number of sulfonamides is 1. The third-order valence-electron chi connectivity index (χ3n) is 3.79. The van der Waals surface area contributed by atoms with E-state index in [0.717, 1.165) is 25.0 Å². The van der Waals surface area contributed by atoms with Crippen molar-refractivity contribution in [2.45, 2.75) is 30.7 Å². The van der Waals surface area contributed by atoms with E-state index in [9.17, 15) is 12.8 Å². The molecule has 8 heteroatoms. The molecule has 0 radical (unpaired) electrons. The molecule has 1 saturated heterocycles. The first-order chi connectivity index (χ1) is 9.37. The van der Waals surface area contributed by atoms with Gasteiger partial charge in [-0.2, -0.15) is 4.31 Å². The standard InChI is InChI=1S/C13H18ClFN2O2S.ClH/c1-9-3-2-6-17(12(9)8-16)20(18,19)13-7-10(15)4-5-11(13)14;/h4-5,7,9,12H,2-3,6,8,16H2,1H3;1H. The molecule has 1 aromatic carbocycles. The molecule has 2 rings (SSSR count). The highest BCUT2D eigenvalue weighted by Gasteiger charge is 2.37. The summed E-state index contributed by atoms with van der Waals surface area (Å²) in [5.41, 5.74) is 5.71. The van der Waals surface area contributed by atoms with Gasteiger partial charge < -0.3 is 5.73 Å². The van der Waals surface area contributed by atoms with Gasteiger partial charge in [0, 0.05) is 19.1 Å². The fourth-order valence-corrected chi connectivity index (χ4v) is 4.92. The van der Waals surface area contributed by atoms with Gasteiger partial charge in [-0.05, 0) is 37.0 Å². The third-order valence-corrected chi connectivity index (χ3v) is 6.19. The first-order valence-corrected chi connectivity index (χ1v) is 8.36. The molecule has 1 aliphatic heterocycles. The zero-order valence-corrected chi connectivity index (χ0v) is 14.0. The zero-order valence-electron chi connectivity index (χ0n) is 11.6. The number of halogens is 3. The summed E-state index contributed by atoms with van der Waals surface area (Å²) >= 11 is 5.92. The van der Waals surface area contributed by atoms with Crippen molar-refractivity contribution >= 4 is 34.0 Å². The van der Waals surface area contributed by atoms with Crippen LogP contribution in [0.1, 0.15) is 19.8 Å². The minimum atomic E-state index is -3.83. The summed E-state index contributed by atoms with van der Waals surface area (Å²) < 4.78 is 40.1. The van der Waals surface area contributed by atoms with Gasteiger partial charge in [0.2, 0.25) is 10.0 Å². The Morgan fingerprint density at radius 1 is 1.48 bits per heavy atom. The van der Waals surface area contributed by atoms with Gasteiger partial charge in [-0.25, -0.2) is 12.8 Å². The summed E-state index contributed by atoms with van der Waals surface area (Å²) in [6.07, 6.45) is 1.70. The van der Waals surface area contributed by atoms with Crippen molar-refractivity contribution in [1.29, 1.82) is 0 Å². The van der Waals surface area contributed by atoms with E-state index in [-0.39, 0.29) is 40.8 Å². The van der Waals surface area contributed by atoms with Crippen LogP contribution in [0.3, 0.4) is 0 Å². The summed E-state index contributed by atoms with van der Waals surface area (Å²) in [4.78, 5) is -0.188. The lowest BCUT2D eigenvalue weighted by Gasteiger charge is -2.38. The Labute approximate surface area is 135 Å². The average molecular weight is 357 g/mol. The van der Waals surface area contributed by atoms with Crippen LogP contribution in [0.25, 0.3) is 0 Å². The van der Waals surface area contributed by atoms with E-state index in [1.165, 1.54) is 10.4 Å². The minimum absolute atomic E-state index is 0. The highest BCUT2D eigenvalue weighted by molar-refractivity contribution is 7.89. The normalized spacial score (nSPS) is 23.6. The van der Waals surface area contributed by atoms with E-state index in [2.05, 4.69) is 0 Å². The fourth-order valence-electron chi connectivity index (χ4n) is 2.66. The van der Waals surface area contributed by atoms with E-state index in [4.69, 9.17) is 17.3 Å². The van der Waals surface area contributed by atoms with Gasteiger partial charge in [0.25, 0.3) is 0 Å². The van der Waals surface area contributed by atoms with Crippen LogP contribution >= 0.6 is 24.0 Å². The van der Waals surface area contributed by atoms with Crippen LogP contribution in [-0.2, 0) is 10.0 Å². The Hall–Kier alpha value is -0.400. The van der Waals surface area contributed by atoms with Gasteiger partial charge in [-0.3, -0.25) is 0 Å². The molecule has 1 aromatic rings. The molecule has 2 atom stereocenters. The lowest BCUT2D eigenvalue weighted by molar-refractivity contribution is 0.192. The summed E-state index contributed by atoms with van der Waals surface area (Å²) in [5, 5.41) is 0.0281. The van der Waals surface area contributed by atoms with Crippen LogP contribution in [0.15, 0.2) is 23.1 Å². The van der Waals surface area contributed by atoms with Crippen LogP contribution in [0.4, 0.5) is 4.39 Å². The van der Waals surface area contributed by atoms with Crippen LogP contribution in [0.2, 0.25) is 5.02 Å². The largest absolute Gasteiger partial charge is 0.329 e. The number of rotatable bonds is 3. The van der Waals surface area contributed by atoms with E-state index in [0.29, 0.717) is 6.54 Å². The van der Waals surface area contributed by atoms with Crippen molar-refractivity contribution in [1.82, 2.24) is 4.31 Å². The quantitative estimate of drug-likeness (QED) is 0.905. The molecule has 4 nitrogen and oxygen atoms in total. The fraction of sp³-hybridized carbons (Fsp3) is 0.538. The third kappa shape index (κ3) is 3.68. The van der Waals surface area contributed by atoms with Gasteiger partial charge in [0.05, 0.1) is 5.02 Å². The zero-order chi connectivity index (χ0) is 14.9. The van der Waals surface area contributed by atoms with E-state index in [1.807, 2.05) is 6.92 Å². The van der Waals surface area contributed by atoms with E-state index >= 15 is 0 Å². The predicted octanol–water partition coefficient (Wildman–Crippen LogP) is 2.65. The Balaban J connectivity index is 0.00000220. The maximum Gasteiger partial charge on any atom is 0.244 e. The monoisotopic (exact) mass is 356 g/mol. The Kier molecular flexibility index (Phi) is 6.43. The number of nitrogens with two attached hydrogens (primary N) is 1. The van der Waals surface area contributed by atoms with Gasteiger partial charge >= 0.3 is 0 Å². The Morgan fingerprint density at radius 3 is 2.76 bits per heavy atom. The topological polar surface area (TPSA) is 63.4 Å². The lowest BCUT2D eigenvalue weighted by Crippen LogP contribution is -2.51. The van der Waals surface area contributed by atoms with Crippen molar-refractivity contribution in [2.24, 2.45) is 11.7 Å². The predicted molar refractivity (Wildman–Crippen MR) is 83.8 cm³/mol. The van der Waals surface area contributed by atoms with Crippen LogP contribution in [0.5, 0.6) is 0 Å². The molecule has 0 spiro atoms. The maximum atomic E-state index is 13.3. The molecule has 0 amide bonds. The molecule has 2 unspecified atom stereocenters. The molecular weight excluding hydrogens is 338 g/mol. The summed E-state index contributed by atoms with van der Waals surface area (Å²) in [7, 11) is -3.83. The smallest absolute Gasteiger partial charge is 0.244 e. The molecule has 120 valence electrons. The van der Waals surface area contributed by atoms with Crippen LogP contribution < -0.4 is 5.73 Å². The highest BCUT2D eigenvalue weighted by Crippen LogP contribution is 2.31.